The maximum absolute atomic E-state index is 12.7. The Morgan fingerprint density at radius 3 is 2.30 bits per heavy atom. The van der Waals surface area contributed by atoms with E-state index < -0.39 is 0 Å². The summed E-state index contributed by atoms with van der Waals surface area (Å²) >= 11 is 1.54. The highest BCUT2D eigenvalue weighted by Gasteiger charge is 2.26. The first-order valence-corrected chi connectivity index (χ1v) is 10.3. The van der Waals surface area contributed by atoms with Crippen molar-refractivity contribution in [3.8, 4) is 16.9 Å². The van der Waals surface area contributed by atoms with Gasteiger partial charge in [-0.05, 0) is 31.9 Å². The number of hydrogen-bond donors (Lipinski definition) is 0. The maximum atomic E-state index is 12.7. The van der Waals surface area contributed by atoms with E-state index in [1.165, 1.54) is 11.8 Å². The number of amides is 1. The van der Waals surface area contributed by atoms with Crippen LogP contribution in [0.25, 0.3) is 16.9 Å². The molecule has 2 heterocycles. The van der Waals surface area contributed by atoms with Gasteiger partial charge in [-0.25, -0.2) is 4.98 Å². The van der Waals surface area contributed by atoms with Crippen molar-refractivity contribution >= 4 is 17.7 Å². The maximum Gasteiger partial charge on any atom is 0.235 e. The summed E-state index contributed by atoms with van der Waals surface area (Å²) in [6.07, 6.45) is 4.12. The highest BCUT2D eigenvalue weighted by atomic mass is 32.2. The van der Waals surface area contributed by atoms with Crippen LogP contribution in [0.3, 0.4) is 0 Å². The summed E-state index contributed by atoms with van der Waals surface area (Å²) < 4.78 is 2.15. The van der Waals surface area contributed by atoms with Crippen molar-refractivity contribution in [1.29, 1.82) is 0 Å². The second kappa shape index (κ2) is 8.01. The quantitative estimate of drug-likeness (QED) is 0.608. The van der Waals surface area contributed by atoms with E-state index in [4.69, 9.17) is 0 Å². The highest BCUT2D eigenvalue weighted by Crippen LogP contribution is 2.32. The van der Waals surface area contributed by atoms with E-state index in [0.29, 0.717) is 0 Å². The minimum Gasteiger partial charge on any atom is -0.342 e. The second-order valence-corrected chi connectivity index (χ2v) is 8.06. The summed E-state index contributed by atoms with van der Waals surface area (Å²) in [7, 11) is 0. The Hall–Kier alpha value is -2.53. The molecule has 138 valence electrons. The van der Waals surface area contributed by atoms with Gasteiger partial charge >= 0.3 is 0 Å². The number of thioether (sulfide) groups is 1. The standard InChI is InChI=1S/C22H23N3OS/c1-17(21(26)24-14-8-9-15-24)27-22-23-16-20(18-10-4-2-5-11-18)25(22)19-12-6-3-7-13-19/h2-7,10-13,16-17H,8-9,14-15H2,1H3. The van der Waals surface area contributed by atoms with Crippen molar-refractivity contribution in [2.45, 2.75) is 30.2 Å². The first-order valence-electron chi connectivity index (χ1n) is 9.38. The van der Waals surface area contributed by atoms with Gasteiger partial charge in [-0.2, -0.15) is 0 Å². The van der Waals surface area contributed by atoms with Crippen LogP contribution in [0.1, 0.15) is 19.8 Å². The van der Waals surface area contributed by atoms with Crippen molar-refractivity contribution in [3.63, 3.8) is 0 Å². The molecule has 3 aromatic rings. The highest BCUT2D eigenvalue weighted by molar-refractivity contribution is 8.00. The summed E-state index contributed by atoms with van der Waals surface area (Å²) in [6.45, 7) is 3.75. The molecule has 1 fully saturated rings. The number of carbonyl (C=O) groups excluding carboxylic acids is 1. The number of hydrogen-bond acceptors (Lipinski definition) is 3. The number of imidazole rings is 1. The normalized spacial score (nSPS) is 15.1. The molecule has 0 aliphatic carbocycles. The van der Waals surface area contributed by atoms with Crippen molar-refractivity contribution in [2.75, 3.05) is 13.1 Å². The van der Waals surface area contributed by atoms with Gasteiger partial charge in [0.05, 0.1) is 17.1 Å². The average Bonchev–Trinajstić information content (AvgIpc) is 3.39. The van der Waals surface area contributed by atoms with E-state index in [9.17, 15) is 4.79 Å². The Kier molecular flexibility index (Phi) is 5.30. The summed E-state index contributed by atoms with van der Waals surface area (Å²) in [5, 5.41) is 0.691. The minimum atomic E-state index is -0.156. The SMILES string of the molecule is CC(Sc1ncc(-c2ccccc2)n1-c1ccccc1)C(=O)N1CCCC1. The first kappa shape index (κ1) is 17.9. The van der Waals surface area contributed by atoms with E-state index >= 15 is 0 Å². The molecular formula is C22H23N3OS. The van der Waals surface area contributed by atoms with Crippen molar-refractivity contribution in [2.24, 2.45) is 0 Å². The Labute approximate surface area is 164 Å². The lowest BCUT2D eigenvalue weighted by Crippen LogP contribution is -2.34. The van der Waals surface area contributed by atoms with Crippen molar-refractivity contribution < 1.29 is 4.79 Å². The monoisotopic (exact) mass is 377 g/mol. The largest absolute Gasteiger partial charge is 0.342 e. The molecule has 4 rings (SSSR count). The Morgan fingerprint density at radius 1 is 1.00 bits per heavy atom. The van der Waals surface area contributed by atoms with Crippen LogP contribution in [0.5, 0.6) is 0 Å². The van der Waals surface area contributed by atoms with Crippen molar-refractivity contribution in [1.82, 2.24) is 14.5 Å². The minimum absolute atomic E-state index is 0.156. The lowest BCUT2D eigenvalue weighted by molar-refractivity contribution is -0.129. The molecule has 1 amide bonds. The number of aromatic nitrogens is 2. The molecule has 2 aromatic carbocycles. The van der Waals surface area contributed by atoms with E-state index in [-0.39, 0.29) is 11.2 Å². The zero-order valence-electron chi connectivity index (χ0n) is 15.4. The molecule has 1 atom stereocenters. The van der Waals surface area contributed by atoms with Gasteiger partial charge in [-0.1, -0.05) is 60.3 Å². The second-order valence-electron chi connectivity index (χ2n) is 6.76. The molecule has 27 heavy (non-hydrogen) atoms. The zero-order valence-corrected chi connectivity index (χ0v) is 16.2. The van der Waals surface area contributed by atoms with Gasteiger partial charge in [0.25, 0.3) is 0 Å². The number of para-hydroxylation sites is 1. The summed E-state index contributed by atoms with van der Waals surface area (Å²) in [4.78, 5) is 19.4. The first-order chi connectivity index (χ1) is 13.2. The van der Waals surface area contributed by atoms with Crippen LogP contribution in [0.2, 0.25) is 0 Å². The molecule has 1 aromatic heterocycles. The predicted molar refractivity (Wildman–Crippen MR) is 110 cm³/mol. The van der Waals surface area contributed by atoms with Crippen molar-refractivity contribution in [3.05, 3.63) is 66.9 Å². The lowest BCUT2D eigenvalue weighted by Gasteiger charge is -2.20. The fourth-order valence-corrected chi connectivity index (χ4v) is 4.45. The van der Waals surface area contributed by atoms with E-state index in [2.05, 4.69) is 33.8 Å². The molecule has 5 heteroatoms. The Balaban J connectivity index is 1.68. The molecule has 1 saturated heterocycles. The van der Waals surface area contributed by atoms with E-state index in [1.807, 2.05) is 54.4 Å². The molecular weight excluding hydrogens is 354 g/mol. The van der Waals surface area contributed by atoms with Crippen LogP contribution in [-0.4, -0.2) is 38.7 Å². The van der Waals surface area contributed by atoms with Gasteiger partial charge in [0.1, 0.15) is 0 Å². The topological polar surface area (TPSA) is 38.1 Å². The Bertz CT molecular complexity index is 902. The van der Waals surface area contributed by atoms with Gasteiger partial charge in [-0.3, -0.25) is 9.36 Å². The molecule has 1 unspecified atom stereocenters. The molecule has 0 bridgehead atoms. The van der Waals surface area contributed by atoms with E-state index in [0.717, 1.165) is 48.0 Å². The van der Waals surface area contributed by atoms with Gasteiger partial charge in [0.2, 0.25) is 5.91 Å². The molecule has 1 aliphatic rings. The number of carbonyl (C=O) groups is 1. The Morgan fingerprint density at radius 2 is 1.63 bits per heavy atom. The summed E-state index contributed by atoms with van der Waals surface area (Å²) in [5.74, 6) is 0.210. The third-order valence-electron chi connectivity index (χ3n) is 4.86. The number of benzene rings is 2. The zero-order chi connectivity index (χ0) is 18.6. The summed E-state index contributed by atoms with van der Waals surface area (Å²) in [6, 6.07) is 20.5. The number of rotatable bonds is 5. The molecule has 0 spiro atoms. The fourth-order valence-electron chi connectivity index (χ4n) is 3.46. The lowest BCUT2D eigenvalue weighted by atomic mass is 10.1. The van der Waals surface area contributed by atoms with Crippen LogP contribution >= 0.6 is 11.8 Å². The number of likely N-dealkylation sites (tertiary alicyclic amines) is 1. The van der Waals surface area contributed by atoms with Crippen LogP contribution in [0.15, 0.2) is 72.0 Å². The van der Waals surface area contributed by atoms with Gasteiger partial charge in [0.15, 0.2) is 5.16 Å². The van der Waals surface area contributed by atoms with Gasteiger partial charge in [-0.15, -0.1) is 0 Å². The van der Waals surface area contributed by atoms with Crippen LogP contribution in [0.4, 0.5) is 0 Å². The average molecular weight is 378 g/mol. The molecule has 0 saturated carbocycles. The van der Waals surface area contributed by atoms with Gasteiger partial charge in [0, 0.05) is 24.3 Å². The van der Waals surface area contributed by atoms with E-state index in [1.54, 1.807) is 0 Å². The fraction of sp³-hybridized carbons (Fsp3) is 0.273. The third-order valence-corrected chi connectivity index (χ3v) is 5.92. The third kappa shape index (κ3) is 3.78. The van der Waals surface area contributed by atoms with Crippen LogP contribution in [0, 0.1) is 0 Å². The summed E-state index contributed by atoms with van der Waals surface area (Å²) in [5.41, 5.74) is 3.20. The number of nitrogens with zero attached hydrogens (tertiary/aromatic N) is 3. The molecule has 0 N–H and O–H groups in total. The van der Waals surface area contributed by atoms with Crippen LogP contribution in [-0.2, 0) is 4.79 Å². The molecule has 1 aliphatic heterocycles. The molecule has 0 radical (unpaired) electrons. The van der Waals surface area contributed by atoms with Gasteiger partial charge < -0.3 is 4.90 Å². The smallest absolute Gasteiger partial charge is 0.235 e. The molecule has 4 nitrogen and oxygen atoms in total. The van der Waals surface area contributed by atoms with Crippen LogP contribution < -0.4 is 0 Å². The predicted octanol–water partition coefficient (Wildman–Crippen LogP) is 4.64.